The zero-order chi connectivity index (χ0) is 16.9. The lowest BCUT2D eigenvalue weighted by atomic mass is 9.96. The SMILES string of the molecule is Cc1ccc(NC(=O)[C@@H]2CCCN2C(=O)NC2CCCCC2)cc1. The summed E-state index contributed by atoms with van der Waals surface area (Å²) < 4.78 is 0. The Morgan fingerprint density at radius 3 is 2.42 bits per heavy atom. The van der Waals surface area contributed by atoms with Crippen LogP contribution in [-0.4, -0.2) is 35.5 Å². The van der Waals surface area contributed by atoms with Gasteiger partial charge in [0.05, 0.1) is 0 Å². The van der Waals surface area contributed by atoms with Crippen LogP contribution in [0, 0.1) is 6.92 Å². The number of urea groups is 1. The third-order valence-corrected chi connectivity index (χ3v) is 5.07. The lowest BCUT2D eigenvalue weighted by Gasteiger charge is -2.29. The van der Waals surface area contributed by atoms with E-state index >= 15 is 0 Å². The second-order valence-corrected chi connectivity index (χ2v) is 6.99. The Morgan fingerprint density at radius 2 is 1.71 bits per heavy atom. The van der Waals surface area contributed by atoms with Crippen LogP contribution in [0.15, 0.2) is 24.3 Å². The average Bonchev–Trinajstić information content (AvgIpc) is 3.08. The molecule has 5 heteroatoms. The minimum absolute atomic E-state index is 0.0801. The number of rotatable bonds is 3. The molecule has 24 heavy (non-hydrogen) atoms. The van der Waals surface area contributed by atoms with Crippen LogP contribution in [0.25, 0.3) is 0 Å². The van der Waals surface area contributed by atoms with Crippen molar-refractivity contribution in [3.05, 3.63) is 29.8 Å². The third-order valence-electron chi connectivity index (χ3n) is 5.07. The first-order chi connectivity index (χ1) is 11.6. The van der Waals surface area contributed by atoms with Crippen molar-refractivity contribution in [1.29, 1.82) is 0 Å². The van der Waals surface area contributed by atoms with Gasteiger partial charge in [-0.05, 0) is 44.7 Å². The summed E-state index contributed by atoms with van der Waals surface area (Å²) in [5.41, 5.74) is 1.94. The Morgan fingerprint density at radius 1 is 1.00 bits per heavy atom. The van der Waals surface area contributed by atoms with Gasteiger partial charge in [0.2, 0.25) is 5.91 Å². The van der Waals surface area contributed by atoms with Crippen molar-refractivity contribution in [2.45, 2.75) is 64.0 Å². The number of nitrogens with one attached hydrogen (secondary N) is 2. The van der Waals surface area contributed by atoms with E-state index in [-0.39, 0.29) is 24.0 Å². The van der Waals surface area contributed by atoms with Gasteiger partial charge in [-0.1, -0.05) is 37.0 Å². The molecule has 1 atom stereocenters. The zero-order valence-corrected chi connectivity index (χ0v) is 14.4. The van der Waals surface area contributed by atoms with Crippen LogP contribution >= 0.6 is 0 Å². The van der Waals surface area contributed by atoms with Crippen molar-refractivity contribution in [3.63, 3.8) is 0 Å². The summed E-state index contributed by atoms with van der Waals surface area (Å²) in [4.78, 5) is 26.8. The highest BCUT2D eigenvalue weighted by atomic mass is 16.2. The van der Waals surface area contributed by atoms with Gasteiger partial charge in [0, 0.05) is 18.3 Å². The zero-order valence-electron chi connectivity index (χ0n) is 14.4. The molecular formula is C19H27N3O2. The minimum Gasteiger partial charge on any atom is -0.335 e. The molecule has 1 heterocycles. The summed E-state index contributed by atoms with van der Waals surface area (Å²) in [5, 5.41) is 6.06. The predicted molar refractivity (Wildman–Crippen MR) is 94.9 cm³/mol. The summed E-state index contributed by atoms with van der Waals surface area (Å²) in [5.74, 6) is -0.0878. The Balaban J connectivity index is 1.58. The largest absolute Gasteiger partial charge is 0.335 e. The summed E-state index contributed by atoms with van der Waals surface area (Å²) >= 11 is 0. The maximum atomic E-state index is 12.6. The summed E-state index contributed by atoms with van der Waals surface area (Å²) in [7, 11) is 0. The molecule has 0 bridgehead atoms. The van der Waals surface area contributed by atoms with E-state index < -0.39 is 0 Å². The number of nitrogens with zero attached hydrogens (tertiary/aromatic N) is 1. The molecule has 3 amide bonds. The summed E-state index contributed by atoms with van der Waals surface area (Å²) in [6.45, 7) is 2.67. The van der Waals surface area contributed by atoms with Gasteiger partial charge in [-0.25, -0.2) is 4.79 Å². The molecule has 2 aliphatic rings. The number of amides is 3. The fourth-order valence-corrected chi connectivity index (χ4v) is 3.65. The first-order valence-electron chi connectivity index (χ1n) is 9.08. The van der Waals surface area contributed by atoms with Crippen LogP contribution in [0.4, 0.5) is 10.5 Å². The van der Waals surface area contributed by atoms with Crippen molar-refractivity contribution in [2.75, 3.05) is 11.9 Å². The van der Waals surface area contributed by atoms with Crippen LogP contribution in [0.2, 0.25) is 0 Å². The second-order valence-electron chi connectivity index (χ2n) is 6.99. The van der Waals surface area contributed by atoms with E-state index in [0.717, 1.165) is 36.9 Å². The molecule has 1 aromatic carbocycles. The fourth-order valence-electron chi connectivity index (χ4n) is 3.65. The maximum absolute atomic E-state index is 12.6. The maximum Gasteiger partial charge on any atom is 0.318 e. The second kappa shape index (κ2) is 7.69. The number of aryl methyl sites for hydroxylation is 1. The van der Waals surface area contributed by atoms with Gasteiger partial charge in [0.25, 0.3) is 0 Å². The Kier molecular flexibility index (Phi) is 5.38. The normalized spacial score (nSPS) is 21.5. The highest BCUT2D eigenvalue weighted by Gasteiger charge is 2.35. The number of carbonyl (C=O) groups excluding carboxylic acids is 2. The van der Waals surface area contributed by atoms with E-state index in [1.54, 1.807) is 4.90 Å². The molecular weight excluding hydrogens is 302 g/mol. The van der Waals surface area contributed by atoms with Gasteiger partial charge in [0.1, 0.15) is 6.04 Å². The third kappa shape index (κ3) is 4.08. The standard InChI is InChI=1S/C19H27N3O2/c1-14-9-11-16(12-10-14)20-18(23)17-8-5-13-22(17)19(24)21-15-6-3-2-4-7-15/h9-12,15,17H,2-8,13H2,1H3,(H,20,23)(H,21,24)/t17-/m0/s1. The lowest BCUT2D eigenvalue weighted by Crippen LogP contribution is -2.50. The van der Waals surface area contributed by atoms with Crippen LogP contribution in [0.5, 0.6) is 0 Å². The molecule has 1 aliphatic heterocycles. The van der Waals surface area contributed by atoms with Crippen LogP contribution in [0.3, 0.4) is 0 Å². The van der Waals surface area contributed by atoms with Crippen LogP contribution in [0.1, 0.15) is 50.5 Å². The number of likely N-dealkylation sites (tertiary alicyclic amines) is 1. The Labute approximate surface area is 143 Å². The molecule has 130 valence electrons. The van der Waals surface area contributed by atoms with Crippen LogP contribution in [-0.2, 0) is 4.79 Å². The first kappa shape index (κ1) is 16.8. The van der Waals surface area contributed by atoms with Crippen molar-refractivity contribution in [2.24, 2.45) is 0 Å². The monoisotopic (exact) mass is 329 g/mol. The molecule has 2 fully saturated rings. The Hall–Kier alpha value is -2.04. The molecule has 2 N–H and O–H groups in total. The van der Waals surface area contributed by atoms with E-state index in [1.807, 2.05) is 31.2 Å². The number of carbonyl (C=O) groups is 2. The number of benzene rings is 1. The fraction of sp³-hybridized carbons (Fsp3) is 0.579. The Bertz CT molecular complexity index is 579. The van der Waals surface area contributed by atoms with E-state index in [1.165, 1.54) is 19.3 Å². The molecule has 1 saturated carbocycles. The highest BCUT2D eigenvalue weighted by molar-refractivity contribution is 5.97. The van der Waals surface area contributed by atoms with Crippen molar-refractivity contribution >= 4 is 17.6 Å². The highest BCUT2D eigenvalue weighted by Crippen LogP contribution is 2.22. The molecule has 1 aromatic rings. The molecule has 1 aliphatic carbocycles. The quantitative estimate of drug-likeness (QED) is 0.892. The van der Waals surface area contributed by atoms with Gasteiger partial charge in [-0.15, -0.1) is 0 Å². The number of hydrogen-bond donors (Lipinski definition) is 2. The number of hydrogen-bond acceptors (Lipinski definition) is 2. The lowest BCUT2D eigenvalue weighted by molar-refractivity contribution is -0.119. The first-order valence-corrected chi connectivity index (χ1v) is 9.08. The van der Waals surface area contributed by atoms with Gasteiger partial charge in [-0.2, -0.15) is 0 Å². The predicted octanol–water partition coefficient (Wildman–Crippen LogP) is 3.44. The minimum atomic E-state index is -0.366. The average molecular weight is 329 g/mol. The van der Waals surface area contributed by atoms with Gasteiger partial charge in [-0.3, -0.25) is 4.79 Å². The van der Waals surface area contributed by atoms with E-state index in [9.17, 15) is 9.59 Å². The molecule has 0 radical (unpaired) electrons. The van der Waals surface area contributed by atoms with E-state index in [0.29, 0.717) is 6.54 Å². The van der Waals surface area contributed by atoms with E-state index in [2.05, 4.69) is 10.6 Å². The summed E-state index contributed by atoms with van der Waals surface area (Å²) in [6.07, 6.45) is 7.35. The van der Waals surface area contributed by atoms with Crippen molar-refractivity contribution < 1.29 is 9.59 Å². The van der Waals surface area contributed by atoms with Gasteiger partial charge >= 0.3 is 6.03 Å². The van der Waals surface area contributed by atoms with Crippen molar-refractivity contribution in [1.82, 2.24) is 10.2 Å². The number of anilines is 1. The molecule has 0 unspecified atom stereocenters. The van der Waals surface area contributed by atoms with Crippen molar-refractivity contribution in [3.8, 4) is 0 Å². The molecule has 0 aromatic heterocycles. The smallest absolute Gasteiger partial charge is 0.318 e. The van der Waals surface area contributed by atoms with Gasteiger partial charge in [0.15, 0.2) is 0 Å². The molecule has 5 nitrogen and oxygen atoms in total. The molecule has 1 saturated heterocycles. The summed E-state index contributed by atoms with van der Waals surface area (Å²) in [6, 6.07) is 7.56. The molecule has 0 spiro atoms. The van der Waals surface area contributed by atoms with Crippen LogP contribution < -0.4 is 10.6 Å². The topological polar surface area (TPSA) is 61.4 Å². The van der Waals surface area contributed by atoms with Gasteiger partial charge < -0.3 is 15.5 Å². The molecule has 3 rings (SSSR count). The van der Waals surface area contributed by atoms with E-state index in [4.69, 9.17) is 0 Å².